The van der Waals surface area contributed by atoms with Gasteiger partial charge < -0.3 is 4.74 Å². The maximum Gasteiger partial charge on any atom is 0.328 e. The number of carbonyl (C=O) groups excluding carboxylic acids is 2. The first-order valence-corrected chi connectivity index (χ1v) is 6.35. The van der Waals surface area contributed by atoms with E-state index >= 15 is 0 Å². The lowest BCUT2D eigenvalue weighted by Crippen LogP contribution is -2.42. The lowest BCUT2D eigenvalue weighted by molar-refractivity contribution is -0.148. The molecule has 20 heavy (non-hydrogen) atoms. The van der Waals surface area contributed by atoms with Crippen LogP contribution in [0.25, 0.3) is 0 Å². The number of nitrogens with zero attached hydrogens (tertiary/aromatic N) is 1. The molecule has 102 valence electrons. The number of rotatable bonds is 2. The van der Waals surface area contributed by atoms with Crippen LogP contribution in [-0.4, -0.2) is 30.4 Å². The van der Waals surface area contributed by atoms with Crippen molar-refractivity contribution in [2.24, 2.45) is 0 Å². The summed E-state index contributed by atoms with van der Waals surface area (Å²) in [6.07, 6.45) is 3.75. The number of hydrogen-bond donors (Lipinski definition) is 0. The first kappa shape index (κ1) is 13.9. The van der Waals surface area contributed by atoms with Gasteiger partial charge in [0.1, 0.15) is 6.04 Å². The molecule has 0 saturated heterocycles. The topological polar surface area (TPSA) is 46.6 Å². The van der Waals surface area contributed by atoms with Crippen molar-refractivity contribution >= 4 is 12.4 Å². The van der Waals surface area contributed by atoms with Crippen molar-refractivity contribution in [3.63, 3.8) is 0 Å². The molecule has 0 aromatic heterocycles. The molecule has 4 heteroatoms. The number of benzene rings is 1. The Morgan fingerprint density at radius 3 is 2.75 bits per heavy atom. The lowest BCUT2D eigenvalue weighted by atomic mass is 10.0. The predicted molar refractivity (Wildman–Crippen MR) is 74.3 cm³/mol. The summed E-state index contributed by atoms with van der Waals surface area (Å²) < 4.78 is 4.72. The summed E-state index contributed by atoms with van der Waals surface area (Å²) in [5, 5.41) is 0. The first-order chi connectivity index (χ1) is 9.76. The molecule has 0 unspecified atom stereocenters. The number of carbonyl (C=O) groups is 2. The highest BCUT2D eigenvalue weighted by Gasteiger charge is 2.29. The molecule has 1 heterocycles. The van der Waals surface area contributed by atoms with Gasteiger partial charge in [-0.3, -0.25) is 9.69 Å². The summed E-state index contributed by atoms with van der Waals surface area (Å²) in [7, 11) is 1.32. The van der Waals surface area contributed by atoms with Gasteiger partial charge in [-0.05, 0) is 30.9 Å². The van der Waals surface area contributed by atoms with Crippen molar-refractivity contribution in [2.45, 2.75) is 18.9 Å². The summed E-state index contributed by atoms with van der Waals surface area (Å²) in [4.78, 5) is 24.2. The number of esters is 1. The Balaban J connectivity index is 2.23. The van der Waals surface area contributed by atoms with Crippen molar-refractivity contribution in [1.29, 1.82) is 0 Å². The monoisotopic (exact) mass is 269 g/mol. The molecule has 1 atom stereocenters. The molecule has 4 nitrogen and oxygen atoms in total. The van der Waals surface area contributed by atoms with Crippen LogP contribution in [0.1, 0.15) is 18.4 Å². The van der Waals surface area contributed by atoms with E-state index in [1.807, 2.05) is 36.4 Å². The Morgan fingerprint density at radius 1 is 1.35 bits per heavy atom. The molecule has 0 saturated carbocycles. The van der Waals surface area contributed by atoms with E-state index in [1.165, 1.54) is 12.0 Å². The van der Waals surface area contributed by atoms with Crippen LogP contribution in [0.2, 0.25) is 0 Å². The highest BCUT2D eigenvalue weighted by atomic mass is 16.5. The molecule has 1 aromatic carbocycles. The molecule has 0 N–H and O–H groups in total. The average molecular weight is 269 g/mol. The smallest absolute Gasteiger partial charge is 0.328 e. The fourth-order valence-corrected chi connectivity index (χ4v) is 2.06. The molecule has 0 aliphatic carbocycles. The third-order valence-electron chi connectivity index (χ3n) is 3.09. The second kappa shape index (κ2) is 6.58. The third-order valence-corrected chi connectivity index (χ3v) is 3.09. The van der Waals surface area contributed by atoms with E-state index in [0.29, 0.717) is 24.9 Å². The minimum absolute atomic E-state index is 0.413. The molecule has 1 aliphatic rings. The van der Waals surface area contributed by atoms with Crippen LogP contribution in [0.3, 0.4) is 0 Å². The van der Waals surface area contributed by atoms with Crippen LogP contribution in [0, 0.1) is 11.8 Å². The van der Waals surface area contributed by atoms with Crippen molar-refractivity contribution in [2.75, 3.05) is 7.11 Å². The maximum atomic E-state index is 11.7. The number of allylic oxidation sites excluding steroid dienone is 2. The number of amides is 1. The summed E-state index contributed by atoms with van der Waals surface area (Å²) in [6, 6.07) is 8.90. The van der Waals surface area contributed by atoms with Gasteiger partial charge in [-0.15, -0.1) is 0 Å². The van der Waals surface area contributed by atoms with Crippen molar-refractivity contribution in [1.82, 2.24) is 4.90 Å². The van der Waals surface area contributed by atoms with E-state index in [4.69, 9.17) is 4.74 Å². The minimum Gasteiger partial charge on any atom is -0.467 e. The van der Waals surface area contributed by atoms with E-state index in [2.05, 4.69) is 11.8 Å². The zero-order chi connectivity index (χ0) is 14.4. The average Bonchev–Trinajstić information content (AvgIpc) is 2.52. The molecule has 1 aromatic rings. The molecular weight excluding hydrogens is 254 g/mol. The van der Waals surface area contributed by atoms with Crippen molar-refractivity contribution < 1.29 is 14.3 Å². The van der Waals surface area contributed by atoms with Crippen LogP contribution in [0.15, 0.2) is 42.1 Å². The fourth-order valence-electron chi connectivity index (χ4n) is 2.06. The molecule has 0 fully saturated rings. The number of hydrogen-bond acceptors (Lipinski definition) is 3. The van der Waals surface area contributed by atoms with Crippen LogP contribution in [0.4, 0.5) is 0 Å². The van der Waals surface area contributed by atoms with Crippen LogP contribution < -0.4 is 0 Å². The van der Waals surface area contributed by atoms with Crippen molar-refractivity contribution in [3.8, 4) is 11.8 Å². The highest BCUT2D eigenvalue weighted by Crippen LogP contribution is 2.20. The molecule has 0 radical (unpaired) electrons. The Bertz CT molecular complexity index is 581. The number of methoxy groups -OCH3 is 1. The first-order valence-electron chi connectivity index (χ1n) is 6.35. The van der Waals surface area contributed by atoms with Crippen LogP contribution >= 0.6 is 0 Å². The molecule has 0 spiro atoms. The Hall–Kier alpha value is -2.54. The van der Waals surface area contributed by atoms with Gasteiger partial charge in [0.2, 0.25) is 6.41 Å². The Labute approximate surface area is 118 Å². The summed E-state index contributed by atoms with van der Waals surface area (Å²) in [5.41, 5.74) is 1.41. The zero-order valence-corrected chi connectivity index (χ0v) is 11.2. The quantitative estimate of drug-likeness (QED) is 0.466. The lowest BCUT2D eigenvalue weighted by Gasteiger charge is -2.29. The van der Waals surface area contributed by atoms with Crippen LogP contribution in [-0.2, 0) is 14.3 Å². The van der Waals surface area contributed by atoms with Gasteiger partial charge in [0, 0.05) is 5.56 Å². The van der Waals surface area contributed by atoms with Gasteiger partial charge in [0.25, 0.3) is 0 Å². The van der Waals surface area contributed by atoms with E-state index in [9.17, 15) is 9.59 Å². The highest BCUT2D eigenvalue weighted by molar-refractivity contribution is 5.79. The van der Waals surface area contributed by atoms with Gasteiger partial charge in [-0.2, -0.15) is 0 Å². The Kier molecular flexibility index (Phi) is 4.56. The number of ether oxygens (including phenoxy) is 1. The minimum atomic E-state index is -0.581. The summed E-state index contributed by atoms with van der Waals surface area (Å²) in [5.74, 6) is 5.52. The van der Waals surface area contributed by atoms with E-state index in [1.54, 1.807) is 0 Å². The standard InChI is InChI=1S/C16H15NO3/c1-20-16(19)15-9-5-8-14(17(15)12-18)11-10-13-6-3-2-4-7-13/h2-4,6-8,12,15H,5,9H2,1H3/t15-/m1/s1. The van der Waals surface area contributed by atoms with Gasteiger partial charge in [0.15, 0.2) is 0 Å². The Morgan fingerprint density at radius 2 is 2.10 bits per heavy atom. The maximum absolute atomic E-state index is 11.7. The van der Waals surface area contributed by atoms with E-state index in [0.717, 1.165) is 5.56 Å². The predicted octanol–water partition coefficient (Wildman–Crippen LogP) is 1.72. The van der Waals surface area contributed by atoms with Crippen molar-refractivity contribution in [3.05, 3.63) is 47.7 Å². The molecule has 2 rings (SSSR count). The van der Waals surface area contributed by atoms with Gasteiger partial charge in [0.05, 0.1) is 12.8 Å². The van der Waals surface area contributed by atoms with Gasteiger partial charge in [-0.1, -0.05) is 30.2 Å². The van der Waals surface area contributed by atoms with Gasteiger partial charge >= 0.3 is 5.97 Å². The molecular formula is C16H15NO3. The zero-order valence-electron chi connectivity index (χ0n) is 11.2. The SMILES string of the molecule is COC(=O)[C@H]1CCC=C(C#Cc2ccccc2)N1C=O. The second-order valence-corrected chi connectivity index (χ2v) is 4.33. The summed E-state index contributed by atoms with van der Waals surface area (Å²) in [6.45, 7) is 0. The molecule has 1 aliphatic heterocycles. The summed E-state index contributed by atoms with van der Waals surface area (Å²) >= 11 is 0. The van der Waals surface area contributed by atoms with Gasteiger partial charge in [-0.25, -0.2) is 4.79 Å². The second-order valence-electron chi connectivity index (χ2n) is 4.33. The normalized spacial score (nSPS) is 17.6. The van der Waals surface area contributed by atoms with E-state index < -0.39 is 12.0 Å². The third kappa shape index (κ3) is 3.07. The molecule has 0 bridgehead atoms. The van der Waals surface area contributed by atoms with E-state index in [-0.39, 0.29) is 0 Å². The fraction of sp³-hybridized carbons (Fsp3) is 0.250. The van der Waals surface area contributed by atoms with Crippen LogP contribution in [0.5, 0.6) is 0 Å². The molecule has 1 amide bonds. The largest absolute Gasteiger partial charge is 0.467 e.